The number of fused-ring (bicyclic) bond motifs is 1. The fourth-order valence-corrected chi connectivity index (χ4v) is 3.48. The van der Waals surface area contributed by atoms with E-state index in [4.69, 9.17) is 11.6 Å². The Labute approximate surface area is 145 Å². The van der Waals surface area contributed by atoms with E-state index in [-0.39, 0.29) is 11.9 Å². The van der Waals surface area contributed by atoms with Crippen LogP contribution in [0.25, 0.3) is 11.3 Å². The predicted molar refractivity (Wildman–Crippen MR) is 95.5 cm³/mol. The van der Waals surface area contributed by atoms with Gasteiger partial charge in [0.1, 0.15) is 5.69 Å². The molecule has 0 aliphatic carbocycles. The van der Waals surface area contributed by atoms with Gasteiger partial charge in [0, 0.05) is 17.3 Å². The van der Waals surface area contributed by atoms with Crippen molar-refractivity contribution in [2.45, 2.75) is 19.4 Å². The van der Waals surface area contributed by atoms with Crippen LogP contribution in [0.2, 0.25) is 5.02 Å². The van der Waals surface area contributed by atoms with Crippen molar-refractivity contribution in [2.75, 3.05) is 4.90 Å². The highest BCUT2D eigenvalue weighted by Gasteiger charge is 2.32. The summed E-state index contributed by atoms with van der Waals surface area (Å²) in [4.78, 5) is 14.8. The van der Waals surface area contributed by atoms with E-state index in [1.54, 1.807) is 6.07 Å². The molecule has 0 bridgehead atoms. The summed E-state index contributed by atoms with van der Waals surface area (Å²) in [5.41, 5.74) is 4.12. The molecule has 1 atom stereocenters. The molecule has 2 aromatic carbocycles. The average Bonchev–Trinajstić information content (AvgIpc) is 3.18. The minimum atomic E-state index is -0.0711. The second kappa shape index (κ2) is 5.80. The molecule has 5 heteroatoms. The SMILES string of the molecule is C[C@H]1Cc2ccccc2N1C(=O)c1cc(-c2ccccc2Cl)n[nH]1. The van der Waals surface area contributed by atoms with E-state index >= 15 is 0 Å². The number of halogens is 1. The molecule has 1 N–H and O–H groups in total. The first-order valence-electron chi connectivity index (χ1n) is 7.87. The fourth-order valence-electron chi connectivity index (χ4n) is 3.24. The Morgan fingerprint density at radius 3 is 2.79 bits per heavy atom. The molecule has 0 radical (unpaired) electrons. The molecule has 0 unspecified atom stereocenters. The highest BCUT2D eigenvalue weighted by molar-refractivity contribution is 6.33. The maximum atomic E-state index is 13.0. The molecular formula is C19H16ClN3O. The molecule has 0 saturated heterocycles. The molecule has 4 rings (SSSR count). The van der Waals surface area contributed by atoms with Gasteiger partial charge in [-0.25, -0.2) is 0 Å². The highest BCUT2D eigenvalue weighted by Crippen LogP contribution is 2.33. The van der Waals surface area contributed by atoms with Crippen LogP contribution in [0.5, 0.6) is 0 Å². The molecule has 120 valence electrons. The van der Waals surface area contributed by atoms with Crippen molar-refractivity contribution in [3.8, 4) is 11.3 Å². The number of aromatic nitrogens is 2. The van der Waals surface area contributed by atoms with E-state index in [9.17, 15) is 4.79 Å². The molecule has 2 heterocycles. The molecule has 1 aliphatic rings. The summed E-state index contributed by atoms with van der Waals surface area (Å²) in [5.74, 6) is -0.0711. The zero-order valence-corrected chi connectivity index (χ0v) is 13.9. The Balaban J connectivity index is 1.68. The minimum absolute atomic E-state index is 0.0711. The number of rotatable bonds is 2. The maximum absolute atomic E-state index is 13.0. The standard InChI is InChI=1S/C19H16ClN3O/c1-12-10-13-6-2-5-9-18(13)23(12)19(24)17-11-16(21-22-17)14-7-3-4-8-15(14)20/h2-9,11-12H,10H2,1H3,(H,21,22)/t12-/m0/s1. The van der Waals surface area contributed by atoms with Gasteiger partial charge in [0.15, 0.2) is 0 Å². The number of benzene rings is 2. The Bertz CT molecular complexity index is 918. The van der Waals surface area contributed by atoms with Gasteiger partial charge in [-0.15, -0.1) is 0 Å². The Kier molecular flexibility index (Phi) is 3.62. The number of nitrogens with one attached hydrogen (secondary N) is 1. The molecule has 0 spiro atoms. The molecular weight excluding hydrogens is 322 g/mol. The van der Waals surface area contributed by atoms with Gasteiger partial charge in [-0.05, 0) is 37.1 Å². The zero-order chi connectivity index (χ0) is 16.7. The van der Waals surface area contributed by atoms with E-state index in [0.717, 1.165) is 17.7 Å². The van der Waals surface area contributed by atoms with Crippen LogP contribution in [0.4, 0.5) is 5.69 Å². The van der Waals surface area contributed by atoms with E-state index in [0.29, 0.717) is 16.4 Å². The molecule has 3 aromatic rings. The van der Waals surface area contributed by atoms with Gasteiger partial charge in [0.25, 0.3) is 5.91 Å². The lowest BCUT2D eigenvalue weighted by Crippen LogP contribution is -2.35. The van der Waals surface area contributed by atoms with E-state index in [2.05, 4.69) is 23.2 Å². The van der Waals surface area contributed by atoms with Crippen LogP contribution in [0, 0.1) is 0 Å². The van der Waals surface area contributed by atoms with Gasteiger partial charge >= 0.3 is 0 Å². The fraction of sp³-hybridized carbons (Fsp3) is 0.158. The van der Waals surface area contributed by atoms with Gasteiger partial charge in [0.05, 0.1) is 10.7 Å². The summed E-state index contributed by atoms with van der Waals surface area (Å²) in [6.45, 7) is 2.06. The number of para-hydroxylation sites is 1. The lowest BCUT2D eigenvalue weighted by Gasteiger charge is -2.21. The largest absolute Gasteiger partial charge is 0.304 e. The second-order valence-corrected chi connectivity index (χ2v) is 6.41. The van der Waals surface area contributed by atoms with Crippen LogP contribution < -0.4 is 4.90 Å². The number of hydrogen-bond acceptors (Lipinski definition) is 2. The normalized spacial score (nSPS) is 16.2. The topological polar surface area (TPSA) is 49.0 Å². The van der Waals surface area contributed by atoms with Crippen LogP contribution in [0.1, 0.15) is 23.0 Å². The van der Waals surface area contributed by atoms with Gasteiger partial charge < -0.3 is 4.90 Å². The van der Waals surface area contributed by atoms with Crippen molar-refractivity contribution in [3.63, 3.8) is 0 Å². The zero-order valence-electron chi connectivity index (χ0n) is 13.2. The highest BCUT2D eigenvalue weighted by atomic mass is 35.5. The summed E-state index contributed by atoms with van der Waals surface area (Å²) in [6, 6.07) is 17.4. The molecule has 0 fully saturated rings. The Hall–Kier alpha value is -2.59. The first-order chi connectivity index (χ1) is 11.6. The summed E-state index contributed by atoms with van der Waals surface area (Å²) in [6.07, 6.45) is 0.868. The summed E-state index contributed by atoms with van der Waals surface area (Å²) in [7, 11) is 0. The molecule has 1 aromatic heterocycles. The molecule has 1 aliphatic heterocycles. The van der Waals surface area contributed by atoms with Crippen LogP contribution in [-0.2, 0) is 6.42 Å². The number of H-pyrrole nitrogens is 1. The Morgan fingerprint density at radius 2 is 1.96 bits per heavy atom. The lowest BCUT2D eigenvalue weighted by atomic mass is 10.1. The number of anilines is 1. The summed E-state index contributed by atoms with van der Waals surface area (Å²) in [5, 5.41) is 7.74. The molecule has 4 nitrogen and oxygen atoms in total. The lowest BCUT2D eigenvalue weighted by molar-refractivity contribution is 0.0976. The molecule has 0 saturated carbocycles. The molecule has 24 heavy (non-hydrogen) atoms. The first-order valence-corrected chi connectivity index (χ1v) is 8.24. The average molecular weight is 338 g/mol. The predicted octanol–water partition coefficient (Wildman–Crippen LogP) is 4.32. The third-order valence-electron chi connectivity index (χ3n) is 4.38. The minimum Gasteiger partial charge on any atom is -0.304 e. The second-order valence-electron chi connectivity index (χ2n) is 6.00. The first kappa shape index (κ1) is 15.0. The van der Waals surface area contributed by atoms with Gasteiger partial charge in [-0.2, -0.15) is 5.10 Å². The quantitative estimate of drug-likeness (QED) is 0.757. The Morgan fingerprint density at radius 1 is 1.21 bits per heavy atom. The number of amides is 1. The molecule has 1 amide bonds. The van der Waals surface area contributed by atoms with E-state index < -0.39 is 0 Å². The van der Waals surface area contributed by atoms with Crippen LogP contribution in [0.15, 0.2) is 54.6 Å². The summed E-state index contributed by atoms with van der Waals surface area (Å²) < 4.78 is 0. The van der Waals surface area contributed by atoms with Crippen molar-refractivity contribution in [2.24, 2.45) is 0 Å². The third kappa shape index (κ3) is 2.39. The van der Waals surface area contributed by atoms with Crippen LogP contribution >= 0.6 is 11.6 Å². The van der Waals surface area contributed by atoms with Crippen molar-refractivity contribution in [1.29, 1.82) is 0 Å². The van der Waals surface area contributed by atoms with Crippen molar-refractivity contribution in [1.82, 2.24) is 10.2 Å². The van der Waals surface area contributed by atoms with Gasteiger partial charge in [-0.1, -0.05) is 48.0 Å². The number of nitrogens with zero attached hydrogens (tertiary/aromatic N) is 2. The van der Waals surface area contributed by atoms with Crippen LogP contribution in [-0.4, -0.2) is 22.1 Å². The monoisotopic (exact) mass is 337 g/mol. The van der Waals surface area contributed by atoms with E-state index in [1.165, 1.54) is 5.56 Å². The van der Waals surface area contributed by atoms with Crippen molar-refractivity contribution < 1.29 is 4.79 Å². The van der Waals surface area contributed by atoms with Gasteiger partial charge in [-0.3, -0.25) is 9.89 Å². The van der Waals surface area contributed by atoms with E-state index in [1.807, 2.05) is 47.4 Å². The van der Waals surface area contributed by atoms with Crippen LogP contribution in [0.3, 0.4) is 0 Å². The number of carbonyl (C=O) groups excluding carboxylic acids is 1. The third-order valence-corrected chi connectivity index (χ3v) is 4.71. The number of hydrogen-bond donors (Lipinski definition) is 1. The number of aromatic amines is 1. The summed E-state index contributed by atoms with van der Waals surface area (Å²) >= 11 is 6.22. The maximum Gasteiger partial charge on any atom is 0.276 e. The smallest absolute Gasteiger partial charge is 0.276 e. The van der Waals surface area contributed by atoms with Crippen molar-refractivity contribution >= 4 is 23.2 Å². The van der Waals surface area contributed by atoms with Crippen molar-refractivity contribution in [3.05, 3.63) is 70.9 Å². The number of carbonyl (C=O) groups is 1. The van der Waals surface area contributed by atoms with Gasteiger partial charge in [0.2, 0.25) is 0 Å².